The molecular formula is C85H71IO14S5. The fourth-order valence-electron chi connectivity index (χ4n) is 10.9. The van der Waals surface area contributed by atoms with E-state index in [1.54, 1.807) is 131 Å². The van der Waals surface area contributed by atoms with Gasteiger partial charge in [-0.15, -0.1) is 12.6 Å². The molecule has 0 radical (unpaired) electrons. The molecular weight excluding hydrogens is 1530 g/mol. The molecule has 20 heteroatoms. The Morgan fingerprint density at radius 3 is 1.01 bits per heavy atom. The van der Waals surface area contributed by atoms with E-state index in [-0.39, 0.29) is 42.6 Å². The minimum atomic E-state index is -3.72. The van der Waals surface area contributed by atoms with Crippen LogP contribution in [0.1, 0.15) is 0 Å². The molecule has 0 saturated heterocycles. The third-order valence-electron chi connectivity index (χ3n) is 16.2. The highest BCUT2D eigenvalue weighted by atomic mass is 127. The second-order valence-electron chi connectivity index (χ2n) is 22.7. The van der Waals surface area contributed by atoms with E-state index >= 15 is 0 Å². The molecule has 532 valence electrons. The van der Waals surface area contributed by atoms with Crippen LogP contribution in [0, 0.1) is 3.57 Å². The molecule has 0 unspecified atom stereocenters. The molecule has 5 N–H and O–H groups in total. The number of thiol groups is 1. The smallest absolute Gasteiger partial charge is 0.207 e. The third kappa shape index (κ3) is 19.2. The lowest BCUT2D eigenvalue weighted by molar-refractivity contribution is 0.414. The van der Waals surface area contributed by atoms with Crippen molar-refractivity contribution < 1.29 is 66.1 Å². The summed E-state index contributed by atoms with van der Waals surface area (Å²) in [4.78, 5) is 6.07. The molecule has 0 aliphatic heterocycles. The normalized spacial score (nSPS) is 10.8. The van der Waals surface area contributed by atoms with E-state index in [1.807, 2.05) is 109 Å². The molecule has 0 aliphatic rings. The van der Waals surface area contributed by atoms with Crippen LogP contribution >= 0.6 is 58.7 Å². The predicted molar refractivity (Wildman–Crippen MR) is 432 cm³/mol. The summed E-state index contributed by atoms with van der Waals surface area (Å²) in [7, 11) is 0.865. The van der Waals surface area contributed by atoms with Gasteiger partial charge in [-0.2, -0.15) is 0 Å². The van der Waals surface area contributed by atoms with Crippen molar-refractivity contribution in [1.29, 1.82) is 0 Å². The van der Waals surface area contributed by atoms with Gasteiger partial charge in [-0.1, -0.05) is 145 Å². The number of phenolic OH excluding ortho intramolecular Hbond substituents is 5. The van der Waals surface area contributed by atoms with Crippen LogP contribution in [0.5, 0.6) is 57.5 Å². The minimum absolute atomic E-state index is 0.00418. The van der Waals surface area contributed by atoms with E-state index in [2.05, 4.69) is 89.8 Å². The maximum absolute atomic E-state index is 12.8. The number of aromatic hydroxyl groups is 5. The summed E-state index contributed by atoms with van der Waals surface area (Å²) in [6.45, 7) is 0. The SMILES string of the molecule is COc1ccc(I)c2ccccc12.COc1ccc(S(=O)(=O)c2ccc(O)c3ccccc23)cc1.COc1ccc(S)cc1.COc1ccc(Sc2ccc(OC)c3ccccc23)cc1.O=S(=O)(c1ccc(O)cc1)c1ccc(O)c2ccccc12.Oc1ccc(Sc2ccc(O)c3ccccc23)cc1. The van der Waals surface area contributed by atoms with Crippen molar-refractivity contribution >= 4 is 132 Å². The molecule has 0 atom stereocenters. The zero-order chi connectivity index (χ0) is 74.6. The van der Waals surface area contributed by atoms with E-state index in [0.717, 1.165) is 53.8 Å². The Bertz CT molecular complexity index is 5700. The summed E-state index contributed by atoms with van der Waals surface area (Å²) >= 11 is 9.81. The highest BCUT2D eigenvalue weighted by molar-refractivity contribution is 14.1. The molecule has 0 spiro atoms. The number of sulfone groups is 2. The molecule has 0 bridgehead atoms. The summed E-state index contributed by atoms with van der Waals surface area (Å²) in [5, 5.41) is 56.8. The Balaban J connectivity index is 0.000000138. The van der Waals surface area contributed by atoms with Gasteiger partial charge in [0.1, 0.15) is 57.5 Å². The van der Waals surface area contributed by atoms with E-state index < -0.39 is 19.7 Å². The Labute approximate surface area is 637 Å². The molecule has 15 aromatic rings. The van der Waals surface area contributed by atoms with Gasteiger partial charge >= 0.3 is 0 Å². The number of hydrogen-bond acceptors (Lipinski definition) is 17. The number of benzene rings is 15. The van der Waals surface area contributed by atoms with Crippen molar-refractivity contribution in [2.45, 2.75) is 44.1 Å². The molecule has 0 aromatic heterocycles. The number of halogens is 1. The maximum Gasteiger partial charge on any atom is 0.207 e. The largest absolute Gasteiger partial charge is 0.508 e. The summed E-state index contributed by atoms with van der Waals surface area (Å²) in [6, 6.07) is 89.8. The second kappa shape index (κ2) is 36.1. The Hall–Kier alpha value is -10.7. The van der Waals surface area contributed by atoms with Crippen molar-refractivity contribution in [3.63, 3.8) is 0 Å². The van der Waals surface area contributed by atoms with Crippen molar-refractivity contribution in [2.75, 3.05) is 35.5 Å². The molecule has 105 heavy (non-hydrogen) atoms. The molecule has 0 amide bonds. The van der Waals surface area contributed by atoms with Crippen LogP contribution in [-0.2, 0) is 19.7 Å². The first kappa shape index (κ1) is 76.9. The zero-order valence-electron chi connectivity index (χ0n) is 57.2. The predicted octanol–water partition coefficient (Wildman–Crippen LogP) is 21.3. The lowest BCUT2D eigenvalue weighted by atomic mass is 10.1. The van der Waals surface area contributed by atoms with Crippen molar-refractivity contribution in [2.24, 2.45) is 0 Å². The summed E-state index contributed by atoms with van der Waals surface area (Å²) in [5.74, 6) is 4.84. The molecule has 15 rings (SSSR count). The summed E-state index contributed by atoms with van der Waals surface area (Å²) in [6.07, 6.45) is 0. The lowest BCUT2D eigenvalue weighted by Gasteiger charge is -2.10. The van der Waals surface area contributed by atoms with Crippen LogP contribution in [0.3, 0.4) is 0 Å². The first-order valence-electron chi connectivity index (χ1n) is 32.2. The van der Waals surface area contributed by atoms with Gasteiger partial charge in [0.15, 0.2) is 0 Å². The van der Waals surface area contributed by atoms with Crippen LogP contribution in [-0.4, -0.2) is 77.9 Å². The van der Waals surface area contributed by atoms with E-state index in [9.17, 15) is 42.4 Å². The Kier molecular flexibility index (Phi) is 26.5. The minimum Gasteiger partial charge on any atom is -0.508 e. The van der Waals surface area contributed by atoms with E-state index in [1.165, 1.54) is 97.3 Å². The number of methoxy groups -OCH3 is 5. The molecule has 0 saturated carbocycles. The summed E-state index contributed by atoms with van der Waals surface area (Å²) in [5.41, 5.74) is 0. The van der Waals surface area contributed by atoms with Crippen LogP contribution in [0.15, 0.2) is 347 Å². The standard InChI is InChI=1S/C18H16O2S.C17H14O4S.C16H12O4S.C16H12O2S.C11H9IO.C7H8OS/c1-19-13-7-9-14(10-8-13)21-18-12-11-17(20-2)15-5-3-4-6-16(15)18;1-21-12-6-8-13(9-7-12)22(19,20)17-11-10-16(18)14-4-2-3-5-15(14)17;17-11-5-7-12(8-6-11)21(19,20)16-10-9-15(18)13-3-1-2-4-14(13)16;17-11-5-7-12(8-6-11)19-16-10-9-15(18)13-3-1-2-4-14(13)16;1-13-11-7-6-10(12)8-4-2-3-5-9(8)11;1-8-6-2-4-7(9)5-3-6/h3-12H,1-2H3;2-11,18H,1H3;1-10,17-18H;1-10,17-18H;2-7H,1H3;2-5,9H,1H3. The number of rotatable bonds is 13. The van der Waals surface area contributed by atoms with Gasteiger partial charge in [-0.3, -0.25) is 0 Å². The average Bonchev–Trinajstić information content (AvgIpc) is 0.757. The first-order valence-corrected chi connectivity index (χ1v) is 38.3. The zero-order valence-corrected chi connectivity index (χ0v) is 63.6. The molecule has 15 aromatic carbocycles. The van der Waals surface area contributed by atoms with Gasteiger partial charge < -0.3 is 49.2 Å². The van der Waals surface area contributed by atoms with E-state index in [4.69, 9.17) is 23.7 Å². The van der Waals surface area contributed by atoms with Crippen molar-refractivity contribution in [3.05, 3.63) is 307 Å². The van der Waals surface area contributed by atoms with Gasteiger partial charge in [-0.05, 0) is 221 Å². The van der Waals surface area contributed by atoms with Crippen LogP contribution in [0.4, 0.5) is 0 Å². The first-order chi connectivity index (χ1) is 50.7. The fourth-order valence-corrected chi connectivity index (χ4v) is 16.5. The highest BCUT2D eigenvalue weighted by Crippen LogP contribution is 2.41. The lowest BCUT2D eigenvalue weighted by Crippen LogP contribution is -2.03. The van der Waals surface area contributed by atoms with Crippen LogP contribution in [0.25, 0.3) is 53.9 Å². The number of fused-ring (bicyclic) bond motifs is 5. The third-order valence-corrected chi connectivity index (χ3v) is 23.3. The van der Waals surface area contributed by atoms with Crippen molar-refractivity contribution in [3.8, 4) is 57.5 Å². The van der Waals surface area contributed by atoms with Crippen LogP contribution < -0.4 is 23.7 Å². The van der Waals surface area contributed by atoms with Crippen molar-refractivity contribution in [1.82, 2.24) is 0 Å². The average molecular weight is 1600 g/mol. The molecule has 0 heterocycles. The van der Waals surface area contributed by atoms with Gasteiger partial charge in [0, 0.05) is 65.8 Å². The monoisotopic (exact) mass is 1600 g/mol. The second-order valence-corrected chi connectivity index (χ2v) is 30.5. The van der Waals surface area contributed by atoms with Gasteiger partial charge in [0.25, 0.3) is 0 Å². The summed E-state index contributed by atoms with van der Waals surface area (Å²) < 4.78 is 78.2. The maximum atomic E-state index is 12.8. The molecule has 0 aliphatic carbocycles. The Morgan fingerprint density at radius 2 is 0.590 bits per heavy atom. The van der Waals surface area contributed by atoms with Gasteiger partial charge in [0.05, 0.1) is 55.1 Å². The fraction of sp³-hybridized carbons (Fsp3) is 0.0588. The highest BCUT2D eigenvalue weighted by Gasteiger charge is 2.23. The molecule has 14 nitrogen and oxygen atoms in total. The molecule has 0 fully saturated rings. The van der Waals surface area contributed by atoms with Gasteiger partial charge in [0.2, 0.25) is 19.7 Å². The Morgan fingerprint density at radius 1 is 0.295 bits per heavy atom. The quantitative estimate of drug-likeness (QED) is 0.0467. The number of hydrogen-bond donors (Lipinski definition) is 6. The van der Waals surface area contributed by atoms with E-state index in [0.29, 0.717) is 33.0 Å². The van der Waals surface area contributed by atoms with Crippen LogP contribution in [0.2, 0.25) is 0 Å². The number of ether oxygens (including phenoxy) is 5. The van der Waals surface area contributed by atoms with Gasteiger partial charge in [-0.25, -0.2) is 16.8 Å². The number of phenols is 5. The topological polar surface area (TPSA) is 216 Å².